The van der Waals surface area contributed by atoms with Crippen LogP contribution in [0, 0.1) is 0 Å². The minimum absolute atomic E-state index is 0.0295. The number of esters is 1. The summed E-state index contributed by atoms with van der Waals surface area (Å²) in [4.78, 5) is 58.5. The van der Waals surface area contributed by atoms with E-state index in [-0.39, 0.29) is 76.7 Å². The molecule has 0 saturated carbocycles. The van der Waals surface area contributed by atoms with Gasteiger partial charge in [0.05, 0.1) is 39.6 Å². The Morgan fingerprint density at radius 3 is 1.81 bits per heavy atom. The van der Waals surface area contributed by atoms with Gasteiger partial charge in [-0.15, -0.1) is 0 Å². The average molecular weight is 664 g/mol. The van der Waals surface area contributed by atoms with E-state index in [1.165, 1.54) is 0 Å². The van der Waals surface area contributed by atoms with Crippen molar-refractivity contribution < 1.29 is 42.9 Å². The van der Waals surface area contributed by atoms with Crippen LogP contribution in [-0.2, 0) is 49.5 Å². The fourth-order valence-electron chi connectivity index (χ4n) is 4.67. The van der Waals surface area contributed by atoms with Gasteiger partial charge in [-0.3, -0.25) is 14.4 Å². The third-order valence-corrected chi connectivity index (χ3v) is 7.25. The first kappa shape index (κ1) is 41.8. The fourth-order valence-corrected chi connectivity index (χ4v) is 4.67. The van der Waals surface area contributed by atoms with Gasteiger partial charge in [-0.2, -0.15) is 0 Å². The van der Waals surface area contributed by atoms with Crippen LogP contribution in [0.25, 0.3) is 0 Å². The minimum atomic E-state index is -1.05. The van der Waals surface area contributed by atoms with Crippen molar-refractivity contribution in [2.75, 3.05) is 52.7 Å². The van der Waals surface area contributed by atoms with Gasteiger partial charge in [-0.1, -0.05) is 68.9 Å². The lowest BCUT2D eigenvalue weighted by Gasteiger charge is -2.34. The van der Waals surface area contributed by atoms with Crippen molar-refractivity contribution in [3.63, 3.8) is 0 Å². The third kappa shape index (κ3) is 23.7. The maximum atomic E-state index is 13.0. The second-order valence-electron chi connectivity index (χ2n) is 11.6. The van der Waals surface area contributed by atoms with E-state index in [9.17, 15) is 24.0 Å². The Morgan fingerprint density at radius 2 is 1.23 bits per heavy atom. The van der Waals surface area contributed by atoms with Crippen LogP contribution in [0.4, 0.5) is 0 Å². The number of nitrogens with two attached hydrogens (primary N) is 1. The predicted molar refractivity (Wildman–Crippen MR) is 178 cm³/mol. The second kappa shape index (κ2) is 29.0. The van der Waals surface area contributed by atoms with E-state index in [0.717, 1.165) is 69.5 Å². The van der Waals surface area contributed by atoms with Gasteiger partial charge >= 0.3 is 5.97 Å². The van der Waals surface area contributed by atoms with Crippen LogP contribution in [0.15, 0.2) is 30.3 Å². The summed E-state index contributed by atoms with van der Waals surface area (Å²) in [6, 6.07) is 9.65. The van der Waals surface area contributed by atoms with Gasteiger partial charge in [0.25, 0.3) is 0 Å². The highest BCUT2D eigenvalue weighted by atomic mass is 16.5. The molecule has 12 heteroatoms. The van der Waals surface area contributed by atoms with Crippen molar-refractivity contribution in [2.45, 2.75) is 102 Å². The molecule has 12 nitrogen and oxygen atoms in total. The Bertz CT molecular complexity index is 962. The van der Waals surface area contributed by atoms with Crippen LogP contribution in [-0.4, -0.2) is 88.6 Å². The number of unbranched alkanes of at least 4 members (excludes halogenated alkanes) is 7. The number of amides is 2. The van der Waals surface area contributed by atoms with Crippen LogP contribution in [0.2, 0.25) is 0 Å². The molecule has 0 aliphatic carbocycles. The molecule has 1 aromatic rings. The molecule has 0 fully saturated rings. The molecular formula is C35H57N3O9. The minimum Gasteiger partial charge on any atom is -0.461 e. The number of hydrogen-bond donors (Lipinski definition) is 3. The molecule has 47 heavy (non-hydrogen) atoms. The van der Waals surface area contributed by atoms with Gasteiger partial charge < -0.3 is 44.9 Å². The van der Waals surface area contributed by atoms with E-state index in [0.29, 0.717) is 39.0 Å². The van der Waals surface area contributed by atoms with Crippen molar-refractivity contribution in [1.29, 1.82) is 0 Å². The molecule has 0 aliphatic heterocycles. The summed E-state index contributed by atoms with van der Waals surface area (Å²) < 4.78 is 22.5. The van der Waals surface area contributed by atoms with Crippen molar-refractivity contribution >= 4 is 30.4 Å². The van der Waals surface area contributed by atoms with Crippen molar-refractivity contribution in [1.82, 2.24) is 10.6 Å². The molecule has 0 spiro atoms. The normalized spacial score (nSPS) is 11.2. The maximum absolute atomic E-state index is 13.0. The molecule has 1 aromatic carbocycles. The molecule has 0 bridgehead atoms. The number of aldehydes is 2. The standard InChI is InChI=1S/C35H57N3O9/c36-20-12-21-37-32(41)19-26-46-30-35(28-44-24-13-22-39,29-45-25-14-23-40)38-33(42)17-10-5-3-1-2-4-6-11-18-34(43)47-27-31-15-8-7-9-16-31/h7-9,15-16,22-23H,1-6,10-14,17-21,24-30,36H2,(H,37,41)(H,38,42). The predicted octanol–water partition coefficient (Wildman–Crippen LogP) is 3.57. The zero-order chi connectivity index (χ0) is 34.3. The monoisotopic (exact) mass is 663 g/mol. The lowest BCUT2D eigenvalue weighted by atomic mass is 10.0. The number of carbonyl (C=O) groups is 5. The first-order valence-corrected chi connectivity index (χ1v) is 17.0. The molecule has 0 heterocycles. The van der Waals surface area contributed by atoms with Crippen LogP contribution < -0.4 is 16.4 Å². The fraction of sp³-hybridized carbons (Fsp3) is 0.686. The number of nitrogens with one attached hydrogen (secondary N) is 2. The molecule has 0 unspecified atom stereocenters. The second-order valence-corrected chi connectivity index (χ2v) is 11.6. The quantitative estimate of drug-likeness (QED) is 0.0588. The van der Waals surface area contributed by atoms with Gasteiger partial charge in [0.1, 0.15) is 24.7 Å². The summed E-state index contributed by atoms with van der Waals surface area (Å²) in [6.07, 6.45) is 11.1. The SMILES string of the molecule is NCCCNC(=O)CCOCC(COCCC=O)(COCCC=O)NC(=O)CCCCCCCCCCC(=O)OCc1ccccc1. The lowest BCUT2D eigenvalue weighted by molar-refractivity contribution is -0.145. The van der Waals surface area contributed by atoms with Gasteiger partial charge in [0.2, 0.25) is 11.8 Å². The molecular weight excluding hydrogens is 606 g/mol. The van der Waals surface area contributed by atoms with E-state index in [1.807, 2.05) is 30.3 Å². The highest BCUT2D eigenvalue weighted by Gasteiger charge is 2.33. The zero-order valence-electron chi connectivity index (χ0n) is 28.1. The average Bonchev–Trinajstić information content (AvgIpc) is 3.07. The third-order valence-electron chi connectivity index (χ3n) is 7.25. The Balaban J connectivity index is 2.39. The van der Waals surface area contributed by atoms with E-state index >= 15 is 0 Å². The molecule has 266 valence electrons. The summed E-state index contributed by atoms with van der Waals surface area (Å²) in [6.45, 7) is 1.90. The molecule has 0 radical (unpaired) electrons. The summed E-state index contributed by atoms with van der Waals surface area (Å²) in [7, 11) is 0. The van der Waals surface area contributed by atoms with Crippen molar-refractivity contribution in [3.8, 4) is 0 Å². The topological polar surface area (TPSA) is 172 Å². The summed E-state index contributed by atoms with van der Waals surface area (Å²) in [5.41, 5.74) is 5.39. The molecule has 0 aliphatic rings. The lowest BCUT2D eigenvalue weighted by Crippen LogP contribution is -2.58. The maximum Gasteiger partial charge on any atom is 0.306 e. The number of hydrogen-bond acceptors (Lipinski definition) is 10. The van der Waals surface area contributed by atoms with Gasteiger partial charge in [0.15, 0.2) is 0 Å². The Kier molecular flexibility index (Phi) is 25.8. The Hall–Kier alpha value is -3.19. The number of carbonyl (C=O) groups excluding carboxylic acids is 5. The highest BCUT2D eigenvalue weighted by molar-refractivity contribution is 5.77. The van der Waals surface area contributed by atoms with Crippen LogP contribution in [0.3, 0.4) is 0 Å². The molecule has 1 rings (SSSR count). The molecule has 0 atom stereocenters. The molecule has 0 aromatic heterocycles. The first-order chi connectivity index (χ1) is 22.9. The summed E-state index contributed by atoms with van der Waals surface area (Å²) >= 11 is 0. The molecule has 4 N–H and O–H groups in total. The van der Waals surface area contributed by atoms with Crippen LogP contribution in [0.1, 0.15) is 95.5 Å². The van der Waals surface area contributed by atoms with E-state index in [2.05, 4.69) is 10.6 Å². The first-order valence-electron chi connectivity index (χ1n) is 17.0. The Morgan fingerprint density at radius 1 is 0.681 bits per heavy atom. The summed E-state index contributed by atoms with van der Waals surface area (Å²) in [5, 5.41) is 5.80. The van der Waals surface area contributed by atoms with E-state index in [1.54, 1.807) is 0 Å². The highest BCUT2D eigenvalue weighted by Crippen LogP contribution is 2.14. The van der Waals surface area contributed by atoms with Gasteiger partial charge in [-0.25, -0.2) is 0 Å². The van der Waals surface area contributed by atoms with Crippen LogP contribution >= 0.6 is 0 Å². The van der Waals surface area contributed by atoms with Gasteiger partial charge in [0, 0.05) is 38.6 Å². The number of rotatable bonds is 32. The van der Waals surface area contributed by atoms with E-state index < -0.39 is 5.54 Å². The van der Waals surface area contributed by atoms with Crippen molar-refractivity contribution in [3.05, 3.63) is 35.9 Å². The van der Waals surface area contributed by atoms with Crippen LogP contribution in [0.5, 0.6) is 0 Å². The molecule has 2 amide bonds. The number of benzene rings is 1. The molecule has 0 saturated heterocycles. The van der Waals surface area contributed by atoms with Gasteiger partial charge in [-0.05, 0) is 31.4 Å². The number of ether oxygens (including phenoxy) is 4. The Labute approximate surface area is 280 Å². The summed E-state index contributed by atoms with van der Waals surface area (Å²) in [5.74, 6) is -0.494. The van der Waals surface area contributed by atoms with Crippen molar-refractivity contribution in [2.24, 2.45) is 5.73 Å². The smallest absolute Gasteiger partial charge is 0.306 e. The zero-order valence-corrected chi connectivity index (χ0v) is 28.1. The largest absolute Gasteiger partial charge is 0.461 e. The van der Waals surface area contributed by atoms with E-state index in [4.69, 9.17) is 24.7 Å².